The Morgan fingerprint density at radius 2 is 1.97 bits per heavy atom. The van der Waals surface area contributed by atoms with Crippen molar-refractivity contribution in [3.63, 3.8) is 0 Å². The van der Waals surface area contributed by atoms with E-state index in [9.17, 15) is 9.59 Å². The number of aromatic amines is 1. The van der Waals surface area contributed by atoms with Gasteiger partial charge in [-0.3, -0.25) is 9.59 Å². The van der Waals surface area contributed by atoms with Gasteiger partial charge in [-0.2, -0.15) is 0 Å². The van der Waals surface area contributed by atoms with Crippen LogP contribution in [0.15, 0.2) is 43.2 Å². The van der Waals surface area contributed by atoms with Crippen molar-refractivity contribution in [2.24, 2.45) is 18.9 Å². The highest BCUT2D eigenvalue weighted by atomic mass is 16.5. The third-order valence-corrected chi connectivity index (χ3v) is 6.51. The van der Waals surface area contributed by atoms with E-state index in [0.29, 0.717) is 12.8 Å². The highest BCUT2D eigenvalue weighted by molar-refractivity contribution is 5.73. The van der Waals surface area contributed by atoms with Gasteiger partial charge in [0.15, 0.2) is 0 Å². The van der Waals surface area contributed by atoms with E-state index in [2.05, 4.69) is 34.9 Å². The molecule has 0 aliphatic carbocycles. The molecule has 0 bridgehead atoms. The average Bonchev–Trinajstić information content (AvgIpc) is 3.49. The topological polar surface area (TPSA) is 99.1 Å². The summed E-state index contributed by atoms with van der Waals surface area (Å²) in [7, 11) is 1.91. The van der Waals surface area contributed by atoms with Gasteiger partial charge in [-0.25, -0.2) is 9.97 Å². The molecule has 3 atom stereocenters. The molecular formula is C26H34N4O4. The van der Waals surface area contributed by atoms with Gasteiger partial charge < -0.3 is 19.0 Å². The van der Waals surface area contributed by atoms with Gasteiger partial charge in [-0.1, -0.05) is 32.0 Å². The summed E-state index contributed by atoms with van der Waals surface area (Å²) in [4.78, 5) is 36.1. The van der Waals surface area contributed by atoms with E-state index in [1.807, 2.05) is 36.9 Å². The Morgan fingerprint density at radius 1 is 1.18 bits per heavy atom. The van der Waals surface area contributed by atoms with Crippen LogP contribution in [0.4, 0.5) is 0 Å². The van der Waals surface area contributed by atoms with Crippen LogP contribution in [0.1, 0.15) is 61.2 Å². The summed E-state index contributed by atoms with van der Waals surface area (Å²) in [6.07, 6.45) is 8.14. The minimum atomic E-state index is -0.401. The number of nitrogens with zero attached hydrogens (tertiary/aromatic N) is 3. The molecule has 3 rings (SSSR count). The third-order valence-electron chi connectivity index (χ3n) is 6.51. The van der Waals surface area contributed by atoms with Crippen molar-refractivity contribution >= 4 is 11.9 Å². The molecule has 34 heavy (non-hydrogen) atoms. The van der Waals surface area contributed by atoms with Gasteiger partial charge in [0.2, 0.25) is 0 Å². The van der Waals surface area contributed by atoms with E-state index in [4.69, 9.17) is 9.47 Å². The minimum Gasteiger partial charge on any atom is -0.466 e. The molecule has 182 valence electrons. The standard InChI is InChI=1S/C26H34N4O4/c1-6-23(21(14-33-19(4)31)10-22-11-28-16-30(22)5)26(32)34-13-20-8-7-9-24(17(20)2)18(3)25-12-27-15-29-25/h7-9,11-12,15-16,18,21,23H,6,10,13-14H2,1-5H3,(H,27,29)/t18-,21-,23?/m0/s1. The molecule has 2 heterocycles. The van der Waals surface area contributed by atoms with Crippen LogP contribution in [0.25, 0.3) is 0 Å². The Kier molecular flexibility index (Phi) is 8.62. The number of H-pyrrole nitrogens is 1. The molecule has 0 amide bonds. The maximum absolute atomic E-state index is 13.2. The molecule has 0 fully saturated rings. The summed E-state index contributed by atoms with van der Waals surface area (Å²) >= 11 is 0. The fourth-order valence-electron chi connectivity index (χ4n) is 4.34. The first-order chi connectivity index (χ1) is 16.3. The van der Waals surface area contributed by atoms with Gasteiger partial charge in [0.05, 0.1) is 25.2 Å². The molecule has 0 saturated heterocycles. The van der Waals surface area contributed by atoms with E-state index in [1.165, 1.54) is 6.92 Å². The maximum Gasteiger partial charge on any atom is 0.309 e. The molecule has 8 heteroatoms. The lowest BCUT2D eigenvalue weighted by Gasteiger charge is -2.25. The number of nitrogens with one attached hydrogen (secondary N) is 1. The SMILES string of the molecule is CCC(C(=O)OCc1cccc([C@H](C)c2cnc[nH]2)c1C)[C@H](COC(C)=O)Cc1cncn1C. The highest BCUT2D eigenvalue weighted by Gasteiger charge is 2.30. The molecular weight excluding hydrogens is 432 g/mol. The van der Waals surface area contributed by atoms with Gasteiger partial charge in [0, 0.05) is 49.6 Å². The molecule has 2 aromatic heterocycles. The molecule has 0 saturated carbocycles. The Labute approximate surface area is 200 Å². The van der Waals surface area contributed by atoms with Crippen LogP contribution in [0.5, 0.6) is 0 Å². The second kappa shape index (κ2) is 11.6. The van der Waals surface area contributed by atoms with E-state index in [-0.39, 0.29) is 37.0 Å². The van der Waals surface area contributed by atoms with Crippen molar-refractivity contribution in [2.45, 2.75) is 53.1 Å². The number of carbonyl (C=O) groups excluding carboxylic acids is 2. The lowest BCUT2D eigenvalue weighted by atomic mass is 9.87. The quantitative estimate of drug-likeness (QED) is 0.427. The molecule has 0 aliphatic heterocycles. The van der Waals surface area contributed by atoms with Crippen LogP contribution >= 0.6 is 0 Å². The summed E-state index contributed by atoms with van der Waals surface area (Å²) in [6.45, 7) is 7.85. The van der Waals surface area contributed by atoms with Crippen molar-refractivity contribution in [1.82, 2.24) is 19.5 Å². The number of hydrogen-bond acceptors (Lipinski definition) is 6. The lowest BCUT2D eigenvalue weighted by Crippen LogP contribution is -2.31. The number of aromatic nitrogens is 4. The van der Waals surface area contributed by atoms with Gasteiger partial charge in [-0.15, -0.1) is 0 Å². The van der Waals surface area contributed by atoms with E-state index in [0.717, 1.165) is 28.1 Å². The average molecular weight is 467 g/mol. The van der Waals surface area contributed by atoms with Crippen molar-refractivity contribution in [3.05, 3.63) is 71.3 Å². The number of benzene rings is 1. The van der Waals surface area contributed by atoms with Crippen LogP contribution in [-0.2, 0) is 39.1 Å². The molecule has 1 N–H and O–H groups in total. The van der Waals surface area contributed by atoms with E-state index < -0.39 is 5.92 Å². The first-order valence-electron chi connectivity index (χ1n) is 11.6. The van der Waals surface area contributed by atoms with Crippen molar-refractivity contribution in [1.29, 1.82) is 0 Å². The normalized spacial score (nSPS) is 13.8. The second-order valence-corrected chi connectivity index (χ2v) is 8.75. The zero-order valence-corrected chi connectivity index (χ0v) is 20.6. The number of ether oxygens (including phenoxy) is 2. The maximum atomic E-state index is 13.2. The number of carbonyl (C=O) groups is 2. The van der Waals surface area contributed by atoms with Gasteiger partial charge in [0.25, 0.3) is 0 Å². The van der Waals surface area contributed by atoms with Gasteiger partial charge in [-0.05, 0) is 36.5 Å². The Balaban J connectivity index is 1.72. The number of hydrogen-bond donors (Lipinski definition) is 1. The minimum absolute atomic E-state index is 0.147. The zero-order valence-electron chi connectivity index (χ0n) is 20.6. The number of esters is 2. The molecule has 0 spiro atoms. The number of rotatable bonds is 11. The largest absolute Gasteiger partial charge is 0.466 e. The van der Waals surface area contributed by atoms with Crippen molar-refractivity contribution in [2.75, 3.05) is 6.61 Å². The number of aryl methyl sites for hydroxylation is 1. The fraction of sp³-hybridized carbons (Fsp3) is 0.462. The smallest absolute Gasteiger partial charge is 0.309 e. The van der Waals surface area contributed by atoms with Crippen molar-refractivity contribution in [3.8, 4) is 0 Å². The van der Waals surface area contributed by atoms with Crippen LogP contribution in [0.3, 0.4) is 0 Å². The first-order valence-corrected chi connectivity index (χ1v) is 11.6. The molecule has 0 aliphatic rings. The van der Waals surface area contributed by atoms with Crippen molar-refractivity contribution < 1.29 is 19.1 Å². The summed E-state index contributed by atoms with van der Waals surface area (Å²) in [5.41, 5.74) is 5.23. The first kappa shape index (κ1) is 25.2. The Bertz CT molecular complexity index is 1090. The fourth-order valence-corrected chi connectivity index (χ4v) is 4.34. The molecule has 1 unspecified atom stereocenters. The Morgan fingerprint density at radius 3 is 2.59 bits per heavy atom. The predicted octanol–water partition coefficient (Wildman–Crippen LogP) is 4.09. The highest BCUT2D eigenvalue weighted by Crippen LogP contribution is 2.28. The summed E-state index contributed by atoms with van der Waals surface area (Å²) in [5.74, 6) is -1.11. The zero-order chi connectivity index (χ0) is 24.7. The molecule has 1 aromatic carbocycles. The van der Waals surface area contributed by atoms with Crippen LogP contribution in [-0.4, -0.2) is 38.1 Å². The molecule has 3 aromatic rings. The third kappa shape index (κ3) is 6.12. The Hall–Kier alpha value is -3.42. The number of imidazole rings is 2. The summed E-state index contributed by atoms with van der Waals surface area (Å²) < 4.78 is 13.0. The molecule has 0 radical (unpaired) electrons. The summed E-state index contributed by atoms with van der Waals surface area (Å²) in [5, 5.41) is 0. The lowest BCUT2D eigenvalue weighted by molar-refractivity contribution is -0.155. The molecule has 8 nitrogen and oxygen atoms in total. The van der Waals surface area contributed by atoms with E-state index >= 15 is 0 Å². The summed E-state index contributed by atoms with van der Waals surface area (Å²) in [6, 6.07) is 6.06. The van der Waals surface area contributed by atoms with Gasteiger partial charge in [0.1, 0.15) is 6.61 Å². The second-order valence-electron chi connectivity index (χ2n) is 8.75. The van der Waals surface area contributed by atoms with Crippen LogP contribution in [0, 0.1) is 18.8 Å². The van der Waals surface area contributed by atoms with Gasteiger partial charge >= 0.3 is 11.9 Å². The van der Waals surface area contributed by atoms with Crippen LogP contribution < -0.4 is 0 Å². The predicted molar refractivity (Wildman–Crippen MR) is 128 cm³/mol. The van der Waals surface area contributed by atoms with Crippen LogP contribution in [0.2, 0.25) is 0 Å². The van der Waals surface area contributed by atoms with E-state index in [1.54, 1.807) is 18.9 Å². The monoisotopic (exact) mass is 466 g/mol.